The molecule has 2 heterocycles. The summed E-state index contributed by atoms with van der Waals surface area (Å²) in [5.74, 6) is -0.115. The molecule has 0 saturated carbocycles. The number of anilines is 2. The average molecular weight is 488 g/mol. The molecule has 0 aliphatic carbocycles. The second-order valence-electron chi connectivity index (χ2n) is 8.51. The second kappa shape index (κ2) is 9.63. The first-order valence-corrected chi connectivity index (χ1v) is 12.7. The van der Waals surface area contributed by atoms with Crippen molar-refractivity contribution in [3.05, 3.63) is 42.0 Å². The van der Waals surface area contributed by atoms with Crippen molar-refractivity contribution >= 4 is 33.2 Å². The van der Waals surface area contributed by atoms with Gasteiger partial charge in [0.1, 0.15) is 11.5 Å². The van der Waals surface area contributed by atoms with Gasteiger partial charge in [0.2, 0.25) is 15.9 Å². The minimum atomic E-state index is -3.88. The van der Waals surface area contributed by atoms with Gasteiger partial charge in [0.05, 0.1) is 29.3 Å². The molecule has 182 valence electrons. The number of amides is 2. The van der Waals surface area contributed by atoms with Gasteiger partial charge < -0.3 is 20.1 Å². The quantitative estimate of drug-likeness (QED) is 0.647. The first-order valence-electron chi connectivity index (χ1n) is 11.3. The highest BCUT2D eigenvalue weighted by molar-refractivity contribution is 7.89. The number of para-hydroxylation sites is 2. The summed E-state index contributed by atoms with van der Waals surface area (Å²) in [7, 11) is -2.35. The molecule has 2 N–H and O–H groups in total. The Morgan fingerprint density at radius 3 is 2.79 bits per heavy atom. The third-order valence-corrected chi connectivity index (χ3v) is 8.21. The standard InChI is InChI=1S/C24H29N3O6S/c1-4-19-24(29)26-18-12-15(2)22(13-21(18)33-19)34(30,31)27-11-7-8-16(14-27)23(28)25-17-9-5-6-10-20(17)32-3/h5-6,9-10,12-13,16,19H,4,7-8,11,14H2,1-3H3,(H,25,28)(H,26,29)/t16-,19-/m1/s1. The minimum absolute atomic E-state index is 0.0784. The number of aryl methyl sites for hydroxylation is 1. The number of methoxy groups -OCH3 is 1. The van der Waals surface area contributed by atoms with Gasteiger partial charge in [0, 0.05) is 19.2 Å². The highest BCUT2D eigenvalue weighted by atomic mass is 32.2. The van der Waals surface area contributed by atoms with Crippen molar-refractivity contribution < 1.29 is 27.5 Å². The Kier molecular flexibility index (Phi) is 6.81. The summed E-state index contributed by atoms with van der Waals surface area (Å²) in [6.07, 6.45) is 0.959. The lowest BCUT2D eigenvalue weighted by Crippen LogP contribution is -2.44. The summed E-state index contributed by atoms with van der Waals surface area (Å²) in [4.78, 5) is 25.2. The monoisotopic (exact) mass is 487 g/mol. The number of nitrogens with zero attached hydrogens (tertiary/aromatic N) is 1. The van der Waals surface area contributed by atoms with Gasteiger partial charge in [-0.15, -0.1) is 0 Å². The van der Waals surface area contributed by atoms with Crippen LogP contribution >= 0.6 is 0 Å². The molecule has 0 unspecified atom stereocenters. The van der Waals surface area contributed by atoms with Crippen LogP contribution in [0.15, 0.2) is 41.3 Å². The normalized spacial score (nSPS) is 20.6. The maximum absolute atomic E-state index is 13.6. The van der Waals surface area contributed by atoms with E-state index in [1.54, 1.807) is 31.2 Å². The zero-order valence-corrected chi connectivity index (χ0v) is 20.3. The zero-order chi connectivity index (χ0) is 24.5. The van der Waals surface area contributed by atoms with Gasteiger partial charge in [-0.25, -0.2) is 8.42 Å². The van der Waals surface area contributed by atoms with Gasteiger partial charge >= 0.3 is 0 Å². The van der Waals surface area contributed by atoms with E-state index in [1.165, 1.54) is 17.5 Å². The fourth-order valence-corrected chi connectivity index (χ4v) is 6.07. The Balaban J connectivity index is 1.55. The molecule has 2 aliphatic heterocycles. The highest BCUT2D eigenvalue weighted by Gasteiger charge is 2.36. The van der Waals surface area contributed by atoms with Gasteiger partial charge in [0.15, 0.2) is 6.10 Å². The molecule has 2 aliphatic rings. The molecule has 2 amide bonds. The topological polar surface area (TPSA) is 114 Å². The fourth-order valence-electron chi connectivity index (χ4n) is 4.33. The Labute approximate surface area is 199 Å². The van der Waals surface area contributed by atoms with Gasteiger partial charge in [-0.1, -0.05) is 19.1 Å². The van der Waals surface area contributed by atoms with Crippen LogP contribution in [0.25, 0.3) is 0 Å². The Morgan fingerprint density at radius 1 is 1.29 bits per heavy atom. The molecule has 0 radical (unpaired) electrons. The number of nitrogens with one attached hydrogen (secondary N) is 2. The molecule has 9 nitrogen and oxygen atoms in total. The highest BCUT2D eigenvalue weighted by Crippen LogP contribution is 2.37. The summed E-state index contributed by atoms with van der Waals surface area (Å²) >= 11 is 0. The SMILES string of the molecule is CC[C@H]1Oc2cc(S(=O)(=O)N3CCC[C@@H](C(=O)Nc4ccccc4OC)C3)c(C)cc2NC1=O. The summed E-state index contributed by atoms with van der Waals surface area (Å²) in [5.41, 5.74) is 1.50. The number of fused-ring (bicyclic) bond motifs is 1. The van der Waals surface area contributed by atoms with Crippen LogP contribution in [0.2, 0.25) is 0 Å². The smallest absolute Gasteiger partial charge is 0.265 e. The van der Waals surface area contributed by atoms with Crippen molar-refractivity contribution in [3.8, 4) is 11.5 Å². The third kappa shape index (κ3) is 4.60. The van der Waals surface area contributed by atoms with Crippen molar-refractivity contribution in [1.29, 1.82) is 0 Å². The molecule has 2 aromatic rings. The van der Waals surface area contributed by atoms with Crippen molar-refractivity contribution in [3.63, 3.8) is 0 Å². The lowest BCUT2D eigenvalue weighted by molar-refractivity contribution is -0.123. The predicted molar refractivity (Wildman–Crippen MR) is 128 cm³/mol. The molecule has 2 atom stereocenters. The number of rotatable bonds is 6. The van der Waals surface area contributed by atoms with Gasteiger partial charge in [-0.2, -0.15) is 4.31 Å². The van der Waals surface area contributed by atoms with Gasteiger partial charge in [-0.05, 0) is 49.9 Å². The minimum Gasteiger partial charge on any atom is -0.495 e. The summed E-state index contributed by atoms with van der Waals surface area (Å²) < 4.78 is 39.5. The van der Waals surface area contributed by atoms with E-state index in [0.29, 0.717) is 54.2 Å². The number of hydrogen-bond donors (Lipinski definition) is 2. The van der Waals surface area contributed by atoms with Crippen LogP contribution in [0.1, 0.15) is 31.7 Å². The van der Waals surface area contributed by atoms with Crippen LogP contribution < -0.4 is 20.1 Å². The summed E-state index contributed by atoms with van der Waals surface area (Å²) in [6, 6.07) is 10.2. The number of sulfonamides is 1. The van der Waals surface area contributed by atoms with E-state index in [-0.39, 0.29) is 23.3 Å². The van der Waals surface area contributed by atoms with E-state index in [1.807, 2.05) is 13.0 Å². The Hall–Kier alpha value is -3.11. The van der Waals surface area contributed by atoms with Crippen LogP contribution in [0.4, 0.5) is 11.4 Å². The van der Waals surface area contributed by atoms with Crippen LogP contribution in [0.5, 0.6) is 11.5 Å². The number of carbonyl (C=O) groups is 2. The average Bonchev–Trinajstić information content (AvgIpc) is 2.83. The summed E-state index contributed by atoms with van der Waals surface area (Å²) in [6.45, 7) is 3.91. The van der Waals surface area contributed by atoms with Gasteiger partial charge in [0.25, 0.3) is 5.91 Å². The summed E-state index contributed by atoms with van der Waals surface area (Å²) in [5, 5.41) is 5.64. The van der Waals surface area contributed by atoms with Crippen LogP contribution in [0, 0.1) is 12.8 Å². The molecule has 1 fully saturated rings. The van der Waals surface area contributed by atoms with Crippen molar-refractivity contribution in [2.45, 2.75) is 44.1 Å². The molecule has 34 heavy (non-hydrogen) atoms. The van der Waals surface area contributed by atoms with E-state index in [4.69, 9.17) is 9.47 Å². The fraction of sp³-hybridized carbons (Fsp3) is 0.417. The van der Waals surface area contributed by atoms with Crippen LogP contribution in [-0.2, 0) is 19.6 Å². The molecule has 0 bridgehead atoms. The molecule has 4 rings (SSSR count). The first-order chi connectivity index (χ1) is 16.2. The number of benzene rings is 2. The zero-order valence-electron chi connectivity index (χ0n) is 19.5. The van der Waals surface area contributed by atoms with E-state index >= 15 is 0 Å². The number of carbonyl (C=O) groups excluding carboxylic acids is 2. The maximum atomic E-state index is 13.6. The molecule has 0 spiro atoms. The molecule has 1 saturated heterocycles. The number of piperidine rings is 1. The molecular weight excluding hydrogens is 458 g/mol. The lowest BCUT2D eigenvalue weighted by atomic mass is 9.98. The van der Waals surface area contributed by atoms with Gasteiger partial charge in [-0.3, -0.25) is 9.59 Å². The first kappa shape index (κ1) is 24.0. The Bertz CT molecular complexity index is 1210. The van der Waals surface area contributed by atoms with Crippen LogP contribution in [-0.4, -0.2) is 50.8 Å². The van der Waals surface area contributed by atoms with Crippen molar-refractivity contribution in [2.75, 3.05) is 30.8 Å². The third-order valence-electron chi connectivity index (χ3n) is 6.21. The van der Waals surface area contributed by atoms with Crippen LogP contribution in [0.3, 0.4) is 0 Å². The maximum Gasteiger partial charge on any atom is 0.265 e. The number of ether oxygens (including phenoxy) is 2. The lowest BCUT2D eigenvalue weighted by Gasteiger charge is -2.32. The van der Waals surface area contributed by atoms with E-state index < -0.39 is 22.0 Å². The Morgan fingerprint density at radius 2 is 2.06 bits per heavy atom. The van der Waals surface area contributed by atoms with E-state index in [2.05, 4.69) is 10.6 Å². The molecular formula is C24H29N3O6S. The molecule has 0 aromatic heterocycles. The van der Waals surface area contributed by atoms with Crippen molar-refractivity contribution in [1.82, 2.24) is 4.31 Å². The van der Waals surface area contributed by atoms with E-state index in [9.17, 15) is 18.0 Å². The molecule has 10 heteroatoms. The van der Waals surface area contributed by atoms with E-state index in [0.717, 1.165) is 0 Å². The molecule has 2 aromatic carbocycles. The largest absolute Gasteiger partial charge is 0.495 e. The van der Waals surface area contributed by atoms with Crippen molar-refractivity contribution in [2.24, 2.45) is 5.92 Å². The second-order valence-corrected chi connectivity index (χ2v) is 10.4. The predicted octanol–water partition coefficient (Wildman–Crippen LogP) is 3.15. The number of hydrogen-bond acceptors (Lipinski definition) is 6.